The van der Waals surface area contributed by atoms with E-state index in [0.29, 0.717) is 11.0 Å². The number of hydrogen-bond donors (Lipinski definition) is 0. The van der Waals surface area contributed by atoms with Gasteiger partial charge in [0.1, 0.15) is 17.3 Å². The number of rotatable bonds is 4. The van der Waals surface area contributed by atoms with Crippen LogP contribution < -0.4 is 4.90 Å². The van der Waals surface area contributed by atoms with Crippen molar-refractivity contribution < 1.29 is 0 Å². The Morgan fingerprint density at radius 2 is 2.11 bits per heavy atom. The molecule has 0 radical (unpaired) electrons. The monoisotopic (exact) mass is 302 g/mol. The third-order valence-electron chi connectivity index (χ3n) is 2.59. The molecule has 0 bridgehead atoms. The van der Waals surface area contributed by atoms with E-state index in [0.717, 1.165) is 23.6 Å². The van der Waals surface area contributed by atoms with Gasteiger partial charge in [0.25, 0.3) is 0 Å². The molecule has 0 fully saturated rings. The lowest BCUT2D eigenvalue weighted by Crippen LogP contribution is -2.19. The van der Waals surface area contributed by atoms with Crippen molar-refractivity contribution in [2.24, 2.45) is 0 Å². The second kappa shape index (κ2) is 5.82. The number of halogens is 2. The van der Waals surface area contributed by atoms with Crippen molar-refractivity contribution in [3.05, 3.63) is 33.1 Å². The molecular formula is C11H12Cl2N4S. The first-order chi connectivity index (χ1) is 8.63. The number of hydrogen-bond acceptors (Lipinski definition) is 5. The van der Waals surface area contributed by atoms with E-state index < -0.39 is 0 Å². The van der Waals surface area contributed by atoms with Gasteiger partial charge < -0.3 is 4.90 Å². The van der Waals surface area contributed by atoms with Crippen LogP contribution in [0.4, 0.5) is 5.82 Å². The summed E-state index contributed by atoms with van der Waals surface area (Å²) < 4.78 is 0. The summed E-state index contributed by atoms with van der Waals surface area (Å²) in [6.07, 6.45) is 1.45. The summed E-state index contributed by atoms with van der Waals surface area (Å²) in [6, 6.07) is 0. The summed E-state index contributed by atoms with van der Waals surface area (Å²) in [5.41, 5.74) is 3.64. The van der Waals surface area contributed by atoms with E-state index in [1.165, 1.54) is 11.2 Å². The molecule has 4 nitrogen and oxygen atoms in total. The van der Waals surface area contributed by atoms with Crippen molar-refractivity contribution in [2.75, 3.05) is 11.9 Å². The molecule has 18 heavy (non-hydrogen) atoms. The summed E-state index contributed by atoms with van der Waals surface area (Å²) in [5, 5.41) is 0.405. The predicted octanol–water partition coefficient (Wildman–Crippen LogP) is 3.27. The molecule has 0 saturated heterocycles. The molecule has 0 aliphatic rings. The lowest BCUT2D eigenvalue weighted by atomic mass is 10.3. The first kappa shape index (κ1) is 13.5. The smallest absolute Gasteiger partial charge is 0.138 e. The fourth-order valence-electron chi connectivity index (χ4n) is 1.59. The lowest BCUT2D eigenvalue weighted by Gasteiger charge is -2.20. The maximum atomic E-state index is 6.01. The van der Waals surface area contributed by atoms with E-state index >= 15 is 0 Å². The summed E-state index contributed by atoms with van der Waals surface area (Å²) in [7, 11) is 1.95. The molecule has 0 spiro atoms. The second-order valence-electron chi connectivity index (χ2n) is 3.82. The Morgan fingerprint density at radius 3 is 2.72 bits per heavy atom. The highest BCUT2D eigenvalue weighted by atomic mass is 35.5. The number of alkyl halides is 1. The Hall–Kier alpha value is -0.910. The van der Waals surface area contributed by atoms with Crippen LogP contribution in [-0.2, 0) is 12.4 Å². The number of aromatic nitrogens is 3. The Kier molecular flexibility index (Phi) is 4.37. The van der Waals surface area contributed by atoms with Crippen LogP contribution in [0.3, 0.4) is 0 Å². The van der Waals surface area contributed by atoms with Gasteiger partial charge in [0, 0.05) is 17.5 Å². The fourth-order valence-corrected chi connectivity index (χ4v) is 2.93. The minimum Gasteiger partial charge on any atom is -0.354 e. The number of nitrogens with zero attached hydrogens (tertiary/aromatic N) is 4. The topological polar surface area (TPSA) is 41.9 Å². The molecule has 2 heterocycles. The van der Waals surface area contributed by atoms with Gasteiger partial charge in [-0.2, -0.15) is 0 Å². The molecule has 0 saturated carbocycles. The molecule has 0 unspecified atom stereocenters. The molecule has 0 amide bonds. The predicted molar refractivity (Wildman–Crippen MR) is 75.6 cm³/mol. The van der Waals surface area contributed by atoms with E-state index in [1.807, 2.05) is 24.4 Å². The summed E-state index contributed by atoms with van der Waals surface area (Å²) >= 11 is 13.5. The third-order valence-corrected chi connectivity index (χ3v) is 4.10. The zero-order valence-corrected chi connectivity index (χ0v) is 12.4. The standard InChI is InChI=1S/C11H12Cl2N4S/c1-7-9(18-6-16-7)4-17(2)11-8(3-12)10(13)14-5-15-11/h5-6H,3-4H2,1-2H3. The van der Waals surface area contributed by atoms with E-state index in [4.69, 9.17) is 23.2 Å². The van der Waals surface area contributed by atoms with E-state index in [1.54, 1.807) is 11.3 Å². The molecule has 0 N–H and O–H groups in total. The number of anilines is 1. The lowest BCUT2D eigenvalue weighted by molar-refractivity contribution is 0.883. The van der Waals surface area contributed by atoms with Crippen molar-refractivity contribution in [1.29, 1.82) is 0 Å². The van der Waals surface area contributed by atoms with Gasteiger partial charge in [-0.3, -0.25) is 0 Å². The Bertz CT molecular complexity index is 544. The van der Waals surface area contributed by atoms with Crippen LogP contribution in [0.2, 0.25) is 5.15 Å². The van der Waals surface area contributed by atoms with Crippen molar-refractivity contribution >= 4 is 40.4 Å². The van der Waals surface area contributed by atoms with Gasteiger partial charge in [0.2, 0.25) is 0 Å². The number of thiazole rings is 1. The van der Waals surface area contributed by atoms with Crippen LogP contribution in [0.15, 0.2) is 11.8 Å². The zero-order chi connectivity index (χ0) is 13.1. The molecular weight excluding hydrogens is 291 g/mol. The fraction of sp³-hybridized carbons (Fsp3) is 0.364. The molecule has 7 heteroatoms. The number of aryl methyl sites for hydroxylation is 1. The zero-order valence-electron chi connectivity index (χ0n) is 10.0. The van der Waals surface area contributed by atoms with Crippen molar-refractivity contribution in [3.8, 4) is 0 Å². The highest BCUT2D eigenvalue weighted by Crippen LogP contribution is 2.26. The molecule has 0 aliphatic heterocycles. The van der Waals surface area contributed by atoms with Gasteiger partial charge in [-0.25, -0.2) is 15.0 Å². The minimum absolute atomic E-state index is 0.293. The van der Waals surface area contributed by atoms with Crippen LogP contribution in [0.25, 0.3) is 0 Å². The highest BCUT2D eigenvalue weighted by Gasteiger charge is 2.14. The molecule has 2 aromatic rings. The van der Waals surface area contributed by atoms with Gasteiger partial charge >= 0.3 is 0 Å². The van der Waals surface area contributed by atoms with Gasteiger partial charge in [-0.05, 0) is 6.92 Å². The summed E-state index contributed by atoms with van der Waals surface area (Å²) in [5.74, 6) is 1.05. The van der Waals surface area contributed by atoms with E-state index in [2.05, 4.69) is 15.0 Å². The van der Waals surface area contributed by atoms with Crippen molar-refractivity contribution in [1.82, 2.24) is 15.0 Å². The van der Waals surface area contributed by atoms with Gasteiger partial charge in [0.15, 0.2) is 0 Å². The highest BCUT2D eigenvalue weighted by molar-refractivity contribution is 7.09. The third kappa shape index (κ3) is 2.74. The average Bonchev–Trinajstić information content (AvgIpc) is 2.74. The maximum Gasteiger partial charge on any atom is 0.138 e. The van der Waals surface area contributed by atoms with E-state index in [-0.39, 0.29) is 0 Å². The molecule has 2 aromatic heterocycles. The van der Waals surface area contributed by atoms with Gasteiger partial charge in [-0.1, -0.05) is 11.6 Å². The molecule has 0 aromatic carbocycles. The largest absolute Gasteiger partial charge is 0.354 e. The Morgan fingerprint density at radius 1 is 1.33 bits per heavy atom. The maximum absolute atomic E-state index is 6.01. The van der Waals surface area contributed by atoms with Crippen LogP contribution in [0.1, 0.15) is 16.1 Å². The molecule has 2 rings (SSSR count). The van der Waals surface area contributed by atoms with Crippen LogP contribution in [0, 0.1) is 6.92 Å². The SMILES string of the molecule is Cc1ncsc1CN(C)c1ncnc(Cl)c1CCl. The molecule has 0 aliphatic carbocycles. The summed E-state index contributed by atoms with van der Waals surface area (Å²) in [6.45, 7) is 2.73. The first-order valence-corrected chi connectivity index (χ1v) is 7.08. The van der Waals surface area contributed by atoms with Crippen molar-refractivity contribution in [2.45, 2.75) is 19.3 Å². The summed E-state index contributed by atoms with van der Waals surface area (Å²) in [4.78, 5) is 15.6. The Balaban J connectivity index is 2.26. The minimum atomic E-state index is 0.293. The second-order valence-corrected chi connectivity index (χ2v) is 5.38. The van der Waals surface area contributed by atoms with Gasteiger partial charge in [0.05, 0.1) is 23.6 Å². The van der Waals surface area contributed by atoms with Crippen LogP contribution in [-0.4, -0.2) is 22.0 Å². The Labute approximate surface area is 120 Å². The van der Waals surface area contributed by atoms with Crippen LogP contribution >= 0.6 is 34.5 Å². The quantitative estimate of drug-likeness (QED) is 0.642. The van der Waals surface area contributed by atoms with Crippen molar-refractivity contribution in [3.63, 3.8) is 0 Å². The normalized spacial score (nSPS) is 10.7. The first-order valence-electron chi connectivity index (χ1n) is 5.29. The van der Waals surface area contributed by atoms with E-state index in [9.17, 15) is 0 Å². The molecule has 96 valence electrons. The average molecular weight is 303 g/mol. The molecule has 0 atom stereocenters. The van der Waals surface area contributed by atoms with Gasteiger partial charge in [-0.15, -0.1) is 22.9 Å². The van der Waals surface area contributed by atoms with Crippen LogP contribution in [0.5, 0.6) is 0 Å².